The Morgan fingerprint density at radius 2 is 0.882 bits per heavy atom. The van der Waals surface area contributed by atoms with Crippen molar-refractivity contribution in [3.8, 4) is 33.6 Å². The molecule has 0 aliphatic carbocycles. The fraction of sp³-hybridized carbons (Fsp3) is 0. The van der Waals surface area contributed by atoms with E-state index in [0.29, 0.717) is 0 Å². The van der Waals surface area contributed by atoms with E-state index < -0.39 is 0 Å². The van der Waals surface area contributed by atoms with E-state index in [1.54, 1.807) is 0 Å². The van der Waals surface area contributed by atoms with Crippen LogP contribution in [0.2, 0.25) is 0 Å². The van der Waals surface area contributed by atoms with E-state index in [0.717, 1.165) is 5.69 Å². The van der Waals surface area contributed by atoms with E-state index in [1.165, 1.54) is 91.7 Å². The fourth-order valence-electron chi connectivity index (χ4n) is 8.24. The lowest BCUT2D eigenvalue weighted by molar-refractivity contribution is 1.18. The summed E-state index contributed by atoms with van der Waals surface area (Å²) < 4.78 is 7.51. The van der Waals surface area contributed by atoms with Gasteiger partial charge in [-0.15, -0.1) is 11.3 Å². The van der Waals surface area contributed by atoms with Gasteiger partial charge in [-0.2, -0.15) is 0 Å². The van der Waals surface area contributed by atoms with Crippen LogP contribution in [0, 0.1) is 0 Å². The highest BCUT2D eigenvalue weighted by Gasteiger charge is 2.19. The first-order valence-corrected chi connectivity index (χ1v) is 18.3. The highest BCUT2D eigenvalue weighted by Crippen LogP contribution is 2.42. The maximum Gasteiger partial charge on any atom is 0.0547 e. The van der Waals surface area contributed by atoms with Crippen LogP contribution in [0.4, 0.5) is 0 Å². The van der Waals surface area contributed by atoms with Crippen LogP contribution in [0.3, 0.4) is 0 Å². The summed E-state index contributed by atoms with van der Waals surface area (Å²) in [6, 6.07) is 66.7. The van der Waals surface area contributed by atoms with Crippen molar-refractivity contribution in [3.05, 3.63) is 182 Å². The van der Waals surface area contributed by atoms with Gasteiger partial charge in [0.15, 0.2) is 0 Å². The quantitative estimate of drug-likeness (QED) is 0.177. The predicted octanol–water partition coefficient (Wildman–Crippen LogP) is 13.6. The molecule has 0 saturated heterocycles. The number of aromatic nitrogens is 2. The molecular weight excluding hydrogens is 637 g/mol. The van der Waals surface area contributed by atoms with Gasteiger partial charge in [0, 0.05) is 53.1 Å². The number of hydrogen-bond donors (Lipinski definition) is 0. The van der Waals surface area contributed by atoms with Crippen LogP contribution in [-0.4, -0.2) is 9.13 Å². The highest BCUT2D eigenvalue weighted by atomic mass is 32.1. The lowest BCUT2D eigenvalue weighted by Crippen LogP contribution is -1.94. The minimum Gasteiger partial charge on any atom is -0.309 e. The molecule has 0 aliphatic heterocycles. The molecule has 0 fully saturated rings. The van der Waals surface area contributed by atoms with Crippen LogP contribution in [0.25, 0.3) is 97.4 Å². The van der Waals surface area contributed by atoms with Gasteiger partial charge < -0.3 is 9.13 Å². The van der Waals surface area contributed by atoms with E-state index in [-0.39, 0.29) is 0 Å². The second-order valence-corrected chi connectivity index (χ2v) is 14.4. The number of benzene rings is 8. The Balaban J connectivity index is 1.12. The zero-order valence-corrected chi connectivity index (χ0v) is 28.4. The average Bonchev–Trinajstić information content (AvgIpc) is 3.85. The highest BCUT2D eigenvalue weighted by molar-refractivity contribution is 7.25. The molecule has 0 bridgehead atoms. The van der Waals surface area contributed by atoms with E-state index >= 15 is 0 Å². The summed E-state index contributed by atoms with van der Waals surface area (Å²) in [4.78, 5) is 0. The number of hydrogen-bond acceptors (Lipinski definition) is 1. The summed E-state index contributed by atoms with van der Waals surface area (Å²) >= 11 is 1.87. The van der Waals surface area contributed by atoms with Crippen LogP contribution in [-0.2, 0) is 0 Å². The van der Waals surface area contributed by atoms with Crippen molar-refractivity contribution in [2.24, 2.45) is 0 Å². The Morgan fingerprint density at radius 3 is 1.73 bits per heavy atom. The fourth-order valence-corrected chi connectivity index (χ4v) is 9.38. The van der Waals surface area contributed by atoms with Crippen LogP contribution in [0.5, 0.6) is 0 Å². The van der Waals surface area contributed by atoms with Gasteiger partial charge >= 0.3 is 0 Å². The van der Waals surface area contributed by atoms with E-state index in [9.17, 15) is 0 Å². The summed E-state index contributed by atoms with van der Waals surface area (Å²) in [6.07, 6.45) is 0. The molecule has 0 aliphatic rings. The number of fused-ring (bicyclic) bond motifs is 9. The Bertz CT molecular complexity index is 3120. The predicted molar refractivity (Wildman–Crippen MR) is 219 cm³/mol. The monoisotopic (exact) mass is 666 g/mol. The molecule has 2 nitrogen and oxygen atoms in total. The lowest BCUT2D eigenvalue weighted by Gasteiger charge is -2.11. The van der Waals surface area contributed by atoms with Gasteiger partial charge in [0.05, 0.1) is 22.1 Å². The average molecular weight is 667 g/mol. The van der Waals surface area contributed by atoms with E-state index in [1.807, 2.05) is 11.3 Å². The zero-order valence-electron chi connectivity index (χ0n) is 27.6. The van der Waals surface area contributed by atoms with Gasteiger partial charge in [-0.05, 0) is 76.9 Å². The molecule has 0 spiro atoms. The Morgan fingerprint density at radius 1 is 0.314 bits per heavy atom. The first-order chi connectivity index (χ1) is 25.3. The summed E-state index contributed by atoms with van der Waals surface area (Å²) in [6.45, 7) is 0. The molecule has 3 heterocycles. The van der Waals surface area contributed by atoms with Crippen molar-refractivity contribution in [3.63, 3.8) is 0 Å². The van der Waals surface area contributed by atoms with Gasteiger partial charge in [0.1, 0.15) is 0 Å². The molecule has 0 N–H and O–H groups in total. The molecular formula is C48H30N2S. The van der Waals surface area contributed by atoms with Crippen molar-refractivity contribution in [2.75, 3.05) is 0 Å². The number of nitrogens with zero attached hydrogens (tertiary/aromatic N) is 2. The molecule has 3 heteroatoms. The SMILES string of the molecule is c1ccc(-c2ccc(-n3c4ccccc4c4ccc(-c5cccc6c5c5ccccc5n6-c5ccc6c(c5)sc5ccccc56)cc43)cc2)cc1. The maximum atomic E-state index is 2.45. The van der Waals surface area contributed by atoms with Gasteiger partial charge in [0.2, 0.25) is 0 Å². The molecule has 0 unspecified atom stereocenters. The summed E-state index contributed by atoms with van der Waals surface area (Å²) in [5, 5.41) is 7.70. The van der Waals surface area contributed by atoms with Gasteiger partial charge in [0.25, 0.3) is 0 Å². The molecule has 3 aromatic heterocycles. The Labute approximate surface area is 298 Å². The van der Waals surface area contributed by atoms with Crippen LogP contribution >= 0.6 is 11.3 Å². The second kappa shape index (κ2) is 11.0. The minimum atomic E-state index is 1.16. The first kappa shape index (κ1) is 28.4. The largest absolute Gasteiger partial charge is 0.309 e. The number of para-hydroxylation sites is 2. The normalized spacial score (nSPS) is 11.9. The zero-order chi connectivity index (χ0) is 33.5. The van der Waals surface area contributed by atoms with Gasteiger partial charge in [-0.1, -0.05) is 127 Å². The molecule has 8 aromatic carbocycles. The van der Waals surface area contributed by atoms with Crippen LogP contribution < -0.4 is 0 Å². The third-order valence-corrected chi connectivity index (χ3v) is 11.7. The number of rotatable bonds is 4. The standard InChI is InChI=1S/C48H30N2S/c1-2-11-31(12-3-1)32-21-24-34(25-22-32)49-42-17-7-4-13-37(42)38-27-23-33(29-45(38)49)36-16-10-19-44-48(36)41-15-5-8-18-43(41)50(44)35-26-28-40-39-14-6-9-20-46(39)51-47(40)30-35/h1-30H. The van der Waals surface area contributed by atoms with E-state index in [4.69, 9.17) is 0 Å². The number of thiophene rings is 1. The second-order valence-electron chi connectivity index (χ2n) is 13.3. The molecule has 11 aromatic rings. The van der Waals surface area contributed by atoms with Crippen LogP contribution in [0.1, 0.15) is 0 Å². The molecule has 0 saturated carbocycles. The Hall–Kier alpha value is -6.42. The molecule has 0 amide bonds. The summed E-state index contributed by atoms with van der Waals surface area (Å²) in [5.41, 5.74) is 12.1. The molecule has 51 heavy (non-hydrogen) atoms. The van der Waals surface area contributed by atoms with Crippen molar-refractivity contribution < 1.29 is 0 Å². The van der Waals surface area contributed by atoms with Gasteiger partial charge in [-0.25, -0.2) is 0 Å². The van der Waals surface area contributed by atoms with Crippen molar-refractivity contribution in [1.29, 1.82) is 0 Å². The van der Waals surface area contributed by atoms with Gasteiger partial charge in [-0.3, -0.25) is 0 Å². The summed E-state index contributed by atoms with van der Waals surface area (Å²) in [7, 11) is 0. The van der Waals surface area contributed by atoms with Crippen molar-refractivity contribution in [2.45, 2.75) is 0 Å². The summed E-state index contributed by atoms with van der Waals surface area (Å²) in [5.74, 6) is 0. The Kier molecular flexibility index (Phi) is 6.16. The van der Waals surface area contributed by atoms with E-state index in [2.05, 4.69) is 191 Å². The lowest BCUT2D eigenvalue weighted by atomic mass is 9.98. The smallest absolute Gasteiger partial charge is 0.0547 e. The third kappa shape index (κ3) is 4.29. The maximum absolute atomic E-state index is 2.45. The van der Waals surface area contributed by atoms with Crippen molar-refractivity contribution >= 4 is 75.1 Å². The van der Waals surface area contributed by atoms with Crippen LogP contribution in [0.15, 0.2) is 182 Å². The van der Waals surface area contributed by atoms with Crippen molar-refractivity contribution in [1.82, 2.24) is 9.13 Å². The molecule has 11 rings (SSSR count). The third-order valence-electron chi connectivity index (χ3n) is 10.5. The molecule has 238 valence electrons. The topological polar surface area (TPSA) is 9.86 Å². The molecule has 0 radical (unpaired) electrons. The molecule has 0 atom stereocenters. The minimum absolute atomic E-state index is 1.16. The first-order valence-electron chi connectivity index (χ1n) is 17.4.